The molecule has 0 spiro atoms. The quantitative estimate of drug-likeness (QED) is 0.684. The van der Waals surface area contributed by atoms with Gasteiger partial charge < -0.3 is 0 Å². The Morgan fingerprint density at radius 1 is 1.38 bits per heavy atom. The minimum atomic E-state index is -2.49. The van der Waals surface area contributed by atoms with E-state index in [1.54, 1.807) is 12.1 Å². The Hall–Kier alpha value is -1.25. The molecule has 0 unspecified atom stereocenters. The second-order valence-corrected chi connectivity index (χ2v) is 2.02. The standard InChI is InChI=1S/C8H7F2N.C2H6/c1-2-6-3-4-7(8(9)10)11-5-6;1-2/h2-5,8H,1H2;1-2H3. The van der Waals surface area contributed by atoms with E-state index in [0.717, 1.165) is 5.56 Å². The first-order valence-electron chi connectivity index (χ1n) is 4.10. The summed E-state index contributed by atoms with van der Waals surface area (Å²) >= 11 is 0. The average molecular weight is 185 g/mol. The summed E-state index contributed by atoms with van der Waals surface area (Å²) in [5.41, 5.74) is 0.546. The maximum Gasteiger partial charge on any atom is 0.280 e. The number of pyridine rings is 1. The maximum absolute atomic E-state index is 11.9. The molecule has 0 aromatic carbocycles. The molecule has 0 saturated heterocycles. The molecule has 0 saturated carbocycles. The van der Waals surface area contributed by atoms with Crippen molar-refractivity contribution in [2.45, 2.75) is 20.3 Å². The lowest BCUT2D eigenvalue weighted by Gasteiger charge is -1.97. The molecule has 1 heterocycles. The minimum Gasteiger partial charge on any atom is -0.255 e. The van der Waals surface area contributed by atoms with Crippen molar-refractivity contribution in [3.05, 3.63) is 36.2 Å². The molecule has 1 nitrogen and oxygen atoms in total. The lowest BCUT2D eigenvalue weighted by Crippen LogP contribution is -1.88. The Balaban J connectivity index is 0.000000671. The number of aromatic nitrogens is 1. The van der Waals surface area contributed by atoms with Crippen molar-refractivity contribution < 1.29 is 8.78 Å². The van der Waals surface area contributed by atoms with E-state index in [1.165, 1.54) is 12.3 Å². The second-order valence-electron chi connectivity index (χ2n) is 2.02. The number of nitrogens with zero attached hydrogens (tertiary/aromatic N) is 1. The van der Waals surface area contributed by atoms with Crippen LogP contribution in [0.2, 0.25) is 0 Å². The highest BCUT2D eigenvalue weighted by Gasteiger charge is 2.06. The van der Waals surface area contributed by atoms with Crippen molar-refractivity contribution in [3.63, 3.8) is 0 Å². The minimum absolute atomic E-state index is 0.199. The van der Waals surface area contributed by atoms with Gasteiger partial charge in [-0.15, -0.1) is 0 Å². The summed E-state index contributed by atoms with van der Waals surface area (Å²) in [7, 11) is 0. The summed E-state index contributed by atoms with van der Waals surface area (Å²) < 4.78 is 23.8. The first-order chi connectivity index (χ1) is 6.24. The van der Waals surface area contributed by atoms with Gasteiger partial charge in [-0.25, -0.2) is 8.78 Å². The molecule has 3 heteroatoms. The molecule has 0 amide bonds. The Kier molecular flexibility index (Phi) is 5.68. The van der Waals surface area contributed by atoms with Crippen molar-refractivity contribution in [2.24, 2.45) is 0 Å². The summed E-state index contributed by atoms with van der Waals surface area (Å²) in [6.45, 7) is 7.48. The molecule has 1 aromatic rings. The predicted molar refractivity (Wildman–Crippen MR) is 50.6 cm³/mol. The van der Waals surface area contributed by atoms with Gasteiger partial charge >= 0.3 is 0 Å². The molecule has 1 rings (SSSR count). The molecule has 0 atom stereocenters. The van der Waals surface area contributed by atoms with Gasteiger partial charge in [-0.2, -0.15) is 0 Å². The van der Waals surface area contributed by atoms with E-state index in [-0.39, 0.29) is 5.69 Å². The topological polar surface area (TPSA) is 12.9 Å². The van der Waals surface area contributed by atoms with E-state index < -0.39 is 6.43 Å². The van der Waals surface area contributed by atoms with E-state index in [4.69, 9.17) is 0 Å². The van der Waals surface area contributed by atoms with Gasteiger partial charge in [-0.3, -0.25) is 4.98 Å². The highest BCUT2D eigenvalue weighted by atomic mass is 19.3. The smallest absolute Gasteiger partial charge is 0.255 e. The molecule has 0 fully saturated rings. The number of alkyl halides is 2. The molecule has 0 N–H and O–H groups in total. The van der Waals surface area contributed by atoms with Crippen molar-refractivity contribution in [1.82, 2.24) is 4.98 Å². The van der Waals surface area contributed by atoms with Crippen LogP contribution < -0.4 is 0 Å². The summed E-state index contributed by atoms with van der Waals surface area (Å²) in [5.74, 6) is 0. The Morgan fingerprint density at radius 2 is 2.00 bits per heavy atom. The summed E-state index contributed by atoms with van der Waals surface area (Å²) in [4.78, 5) is 3.53. The van der Waals surface area contributed by atoms with Crippen molar-refractivity contribution in [3.8, 4) is 0 Å². The predicted octanol–water partition coefficient (Wildman–Crippen LogP) is 3.69. The molecular formula is C10H13F2N. The number of hydrogen-bond donors (Lipinski definition) is 0. The van der Waals surface area contributed by atoms with Crippen LogP contribution in [-0.4, -0.2) is 4.98 Å². The highest BCUT2D eigenvalue weighted by Crippen LogP contribution is 2.15. The van der Waals surface area contributed by atoms with Crippen LogP contribution in [-0.2, 0) is 0 Å². The Morgan fingerprint density at radius 3 is 2.31 bits per heavy atom. The molecule has 13 heavy (non-hydrogen) atoms. The van der Waals surface area contributed by atoms with Gasteiger partial charge in [0.1, 0.15) is 5.69 Å². The second kappa shape index (κ2) is 6.29. The van der Waals surface area contributed by atoms with Crippen molar-refractivity contribution >= 4 is 6.08 Å². The molecule has 72 valence electrons. The fourth-order valence-corrected chi connectivity index (χ4v) is 0.667. The lowest BCUT2D eigenvalue weighted by atomic mass is 10.2. The highest BCUT2D eigenvalue weighted by molar-refractivity contribution is 5.44. The lowest BCUT2D eigenvalue weighted by molar-refractivity contribution is 0.146. The third kappa shape index (κ3) is 3.78. The summed E-state index contributed by atoms with van der Waals surface area (Å²) in [5, 5.41) is 0. The third-order valence-corrected chi connectivity index (χ3v) is 1.27. The Labute approximate surface area is 77.1 Å². The van der Waals surface area contributed by atoms with Crippen LogP contribution in [0.25, 0.3) is 6.08 Å². The first-order valence-corrected chi connectivity index (χ1v) is 4.10. The Bertz CT molecular complexity index is 242. The SMILES string of the molecule is C=Cc1ccc(C(F)F)nc1.CC. The van der Waals surface area contributed by atoms with Crippen LogP contribution in [0.1, 0.15) is 31.5 Å². The van der Waals surface area contributed by atoms with Crippen LogP contribution in [0.5, 0.6) is 0 Å². The molecule has 1 aromatic heterocycles. The summed E-state index contributed by atoms with van der Waals surface area (Å²) in [6, 6.07) is 2.85. The fraction of sp³-hybridized carbons (Fsp3) is 0.300. The molecule has 0 radical (unpaired) electrons. The molecule has 0 bridgehead atoms. The molecule has 0 aliphatic rings. The molecular weight excluding hydrogens is 172 g/mol. The zero-order valence-electron chi connectivity index (χ0n) is 7.80. The molecule has 0 aliphatic carbocycles. The van der Waals surface area contributed by atoms with E-state index in [1.807, 2.05) is 13.8 Å². The van der Waals surface area contributed by atoms with E-state index in [0.29, 0.717) is 0 Å². The monoisotopic (exact) mass is 185 g/mol. The van der Waals surface area contributed by atoms with Crippen LogP contribution >= 0.6 is 0 Å². The average Bonchev–Trinajstić information content (AvgIpc) is 2.21. The maximum atomic E-state index is 11.9. The zero-order valence-corrected chi connectivity index (χ0v) is 7.80. The van der Waals surface area contributed by atoms with Crippen LogP contribution in [0.4, 0.5) is 8.78 Å². The van der Waals surface area contributed by atoms with Gasteiger partial charge in [-0.05, 0) is 11.6 Å². The van der Waals surface area contributed by atoms with E-state index >= 15 is 0 Å². The van der Waals surface area contributed by atoms with Crippen LogP contribution in [0.3, 0.4) is 0 Å². The molecule has 0 aliphatic heterocycles. The van der Waals surface area contributed by atoms with Crippen molar-refractivity contribution in [1.29, 1.82) is 0 Å². The van der Waals surface area contributed by atoms with Crippen LogP contribution in [0.15, 0.2) is 24.9 Å². The first kappa shape index (κ1) is 11.8. The van der Waals surface area contributed by atoms with Gasteiger partial charge in [0.25, 0.3) is 6.43 Å². The van der Waals surface area contributed by atoms with E-state index in [2.05, 4.69) is 11.6 Å². The fourth-order valence-electron chi connectivity index (χ4n) is 0.667. The normalized spacial score (nSPS) is 9.00. The third-order valence-electron chi connectivity index (χ3n) is 1.27. The van der Waals surface area contributed by atoms with Gasteiger partial charge in [0, 0.05) is 6.20 Å². The van der Waals surface area contributed by atoms with Gasteiger partial charge in [0.2, 0.25) is 0 Å². The van der Waals surface area contributed by atoms with Gasteiger partial charge in [0.15, 0.2) is 0 Å². The number of rotatable bonds is 2. The van der Waals surface area contributed by atoms with Gasteiger partial charge in [0.05, 0.1) is 0 Å². The number of hydrogen-bond acceptors (Lipinski definition) is 1. The zero-order chi connectivity index (χ0) is 10.3. The van der Waals surface area contributed by atoms with Crippen LogP contribution in [0, 0.1) is 0 Å². The van der Waals surface area contributed by atoms with E-state index in [9.17, 15) is 8.78 Å². The number of halogens is 2. The van der Waals surface area contributed by atoms with Crippen molar-refractivity contribution in [2.75, 3.05) is 0 Å². The largest absolute Gasteiger partial charge is 0.280 e. The van der Waals surface area contributed by atoms with Gasteiger partial charge in [-0.1, -0.05) is 32.6 Å². The summed E-state index contributed by atoms with van der Waals surface area (Å²) in [6.07, 6.45) is 0.436.